The molecule has 2 unspecified atom stereocenters. The van der Waals surface area contributed by atoms with E-state index in [1.54, 1.807) is 25.2 Å². The number of oxazole rings is 1. The maximum atomic E-state index is 12.5. The number of hydrogen-bond donors (Lipinski definition) is 0. The molecule has 0 saturated carbocycles. The summed E-state index contributed by atoms with van der Waals surface area (Å²) in [5.41, 5.74) is 1.73. The van der Waals surface area contributed by atoms with E-state index in [-0.39, 0.29) is 17.8 Å². The van der Waals surface area contributed by atoms with Gasteiger partial charge in [0.25, 0.3) is 0 Å². The Morgan fingerprint density at radius 1 is 1.45 bits per heavy atom. The first-order valence-electron chi connectivity index (χ1n) is 6.87. The summed E-state index contributed by atoms with van der Waals surface area (Å²) in [5.74, 6) is -0.434. The van der Waals surface area contributed by atoms with Crippen LogP contribution in [0.1, 0.15) is 30.1 Å². The molecule has 0 amide bonds. The Morgan fingerprint density at radius 2 is 2.25 bits per heavy atom. The van der Waals surface area contributed by atoms with Gasteiger partial charge in [0, 0.05) is 19.2 Å². The van der Waals surface area contributed by atoms with Crippen molar-refractivity contribution in [3.8, 4) is 0 Å². The summed E-state index contributed by atoms with van der Waals surface area (Å²) >= 11 is 0. The molecule has 1 aliphatic heterocycles. The second-order valence-corrected chi connectivity index (χ2v) is 5.19. The van der Waals surface area contributed by atoms with E-state index in [0.29, 0.717) is 23.3 Å². The van der Waals surface area contributed by atoms with Gasteiger partial charge in [0.1, 0.15) is 0 Å². The zero-order valence-electron chi connectivity index (χ0n) is 11.6. The largest absolute Gasteiger partial charge is 0.419 e. The SMILES string of the molecule is CCC1OCCC1C(=O)c1ccc2c(c1)oc(=O)n2C. The predicted molar refractivity (Wildman–Crippen MR) is 73.9 cm³/mol. The molecule has 3 rings (SSSR count). The van der Waals surface area contributed by atoms with Crippen molar-refractivity contribution in [2.24, 2.45) is 13.0 Å². The highest BCUT2D eigenvalue weighted by Crippen LogP contribution is 2.28. The molecule has 5 heteroatoms. The summed E-state index contributed by atoms with van der Waals surface area (Å²) in [7, 11) is 1.65. The fraction of sp³-hybridized carbons (Fsp3) is 0.467. The lowest BCUT2D eigenvalue weighted by atomic mass is 9.90. The highest BCUT2D eigenvalue weighted by molar-refractivity contribution is 6.00. The molecule has 1 aromatic carbocycles. The first-order valence-corrected chi connectivity index (χ1v) is 6.87. The van der Waals surface area contributed by atoms with Crippen LogP contribution in [0.3, 0.4) is 0 Å². The molecule has 0 N–H and O–H groups in total. The number of ether oxygens (including phenoxy) is 1. The van der Waals surface area contributed by atoms with Crippen LogP contribution in [0.4, 0.5) is 0 Å². The van der Waals surface area contributed by atoms with Gasteiger partial charge in [-0.05, 0) is 31.0 Å². The molecule has 1 saturated heterocycles. The lowest BCUT2D eigenvalue weighted by Gasteiger charge is -2.15. The van der Waals surface area contributed by atoms with E-state index < -0.39 is 5.76 Å². The van der Waals surface area contributed by atoms with Gasteiger partial charge in [-0.25, -0.2) is 4.79 Å². The fourth-order valence-electron chi connectivity index (χ4n) is 2.85. The first kappa shape index (κ1) is 13.1. The Bertz CT molecular complexity index is 712. The minimum absolute atomic E-state index is 0.000906. The Labute approximate surface area is 116 Å². The number of Topliss-reactive ketones (excluding diaryl/α,β-unsaturated/α-hetero) is 1. The van der Waals surface area contributed by atoms with Gasteiger partial charge < -0.3 is 9.15 Å². The summed E-state index contributed by atoms with van der Waals surface area (Å²) in [6.45, 7) is 2.66. The summed E-state index contributed by atoms with van der Waals surface area (Å²) in [6.07, 6.45) is 1.59. The number of carbonyl (C=O) groups excluding carboxylic acids is 1. The van der Waals surface area contributed by atoms with Gasteiger partial charge in [0.15, 0.2) is 11.4 Å². The Morgan fingerprint density at radius 3 is 3.00 bits per heavy atom. The van der Waals surface area contributed by atoms with Gasteiger partial charge in [-0.3, -0.25) is 9.36 Å². The number of fused-ring (bicyclic) bond motifs is 1. The normalized spacial score (nSPS) is 22.5. The molecule has 0 aliphatic carbocycles. The number of nitrogens with zero attached hydrogens (tertiary/aromatic N) is 1. The van der Waals surface area contributed by atoms with Gasteiger partial charge in [-0.2, -0.15) is 0 Å². The average Bonchev–Trinajstić information content (AvgIpc) is 3.03. The number of carbonyl (C=O) groups is 1. The molecular weight excluding hydrogens is 258 g/mol. The molecule has 0 radical (unpaired) electrons. The van der Waals surface area contributed by atoms with Gasteiger partial charge in [-0.1, -0.05) is 6.92 Å². The van der Waals surface area contributed by atoms with Crippen LogP contribution >= 0.6 is 0 Å². The summed E-state index contributed by atoms with van der Waals surface area (Å²) in [4.78, 5) is 24.0. The third-order valence-electron chi connectivity index (χ3n) is 4.03. The quantitative estimate of drug-likeness (QED) is 0.805. The lowest BCUT2D eigenvalue weighted by molar-refractivity contribution is 0.0689. The molecule has 0 spiro atoms. The van der Waals surface area contributed by atoms with Crippen molar-refractivity contribution in [2.75, 3.05) is 6.61 Å². The number of aromatic nitrogens is 1. The van der Waals surface area contributed by atoms with Crippen LogP contribution in [-0.2, 0) is 11.8 Å². The van der Waals surface area contributed by atoms with E-state index in [4.69, 9.17) is 9.15 Å². The minimum atomic E-state index is -0.416. The van der Waals surface area contributed by atoms with Crippen molar-refractivity contribution in [1.29, 1.82) is 0 Å². The van der Waals surface area contributed by atoms with Crippen LogP contribution in [0.2, 0.25) is 0 Å². The highest BCUT2D eigenvalue weighted by Gasteiger charge is 2.33. The van der Waals surface area contributed by atoms with E-state index in [0.717, 1.165) is 12.8 Å². The zero-order valence-corrected chi connectivity index (χ0v) is 11.6. The van der Waals surface area contributed by atoms with Crippen molar-refractivity contribution >= 4 is 16.9 Å². The number of aryl methyl sites for hydroxylation is 1. The van der Waals surface area contributed by atoms with Gasteiger partial charge in [-0.15, -0.1) is 0 Å². The first-order chi connectivity index (χ1) is 9.61. The lowest BCUT2D eigenvalue weighted by Crippen LogP contribution is -2.23. The van der Waals surface area contributed by atoms with Crippen molar-refractivity contribution in [1.82, 2.24) is 4.57 Å². The molecule has 5 nitrogen and oxygen atoms in total. The Kier molecular flexibility index (Phi) is 3.22. The summed E-state index contributed by atoms with van der Waals surface area (Å²) in [5, 5.41) is 0. The molecule has 1 fully saturated rings. The predicted octanol–water partition coefficient (Wildman–Crippen LogP) is 2.13. The Balaban J connectivity index is 1.98. The zero-order chi connectivity index (χ0) is 14.3. The third kappa shape index (κ3) is 1.98. The van der Waals surface area contributed by atoms with Crippen LogP contribution in [0, 0.1) is 5.92 Å². The van der Waals surface area contributed by atoms with E-state index in [9.17, 15) is 9.59 Å². The highest BCUT2D eigenvalue weighted by atomic mass is 16.5. The Hall–Kier alpha value is -1.88. The molecule has 106 valence electrons. The standard InChI is InChI=1S/C15H17NO4/c1-3-12-10(6-7-19-12)14(17)9-4-5-11-13(8-9)20-15(18)16(11)2/h4-5,8,10,12H,3,6-7H2,1-2H3. The maximum Gasteiger partial charge on any atom is 0.419 e. The topological polar surface area (TPSA) is 61.4 Å². The van der Waals surface area contributed by atoms with Crippen LogP contribution in [0.25, 0.3) is 11.1 Å². The average molecular weight is 275 g/mol. The summed E-state index contributed by atoms with van der Waals surface area (Å²) < 4.78 is 12.1. The van der Waals surface area contributed by atoms with Gasteiger partial charge in [0.05, 0.1) is 17.5 Å². The molecule has 2 heterocycles. The van der Waals surface area contributed by atoms with Crippen LogP contribution in [-0.4, -0.2) is 23.1 Å². The summed E-state index contributed by atoms with van der Waals surface area (Å²) in [6, 6.07) is 5.17. The minimum Gasteiger partial charge on any atom is -0.408 e. The van der Waals surface area contributed by atoms with Crippen LogP contribution in [0.15, 0.2) is 27.4 Å². The van der Waals surface area contributed by atoms with Crippen molar-refractivity contribution in [3.63, 3.8) is 0 Å². The van der Waals surface area contributed by atoms with E-state index in [1.165, 1.54) is 4.57 Å². The smallest absolute Gasteiger partial charge is 0.408 e. The van der Waals surface area contributed by atoms with Crippen molar-refractivity contribution in [3.05, 3.63) is 34.3 Å². The number of hydrogen-bond acceptors (Lipinski definition) is 4. The van der Waals surface area contributed by atoms with E-state index in [1.807, 2.05) is 6.92 Å². The second-order valence-electron chi connectivity index (χ2n) is 5.19. The molecule has 20 heavy (non-hydrogen) atoms. The number of ketones is 1. The number of benzene rings is 1. The molecule has 2 atom stereocenters. The molecule has 1 aliphatic rings. The monoisotopic (exact) mass is 275 g/mol. The van der Waals surface area contributed by atoms with Crippen molar-refractivity contribution in [2.45, 2.75) is 25.9 Å². The molecule has 2 aromatic rings. The molecule has 1 aromatic heterocycles. The molecular formula is C15H17NO4. The van der Waals surface area contributed by atoms with E-state index in [2.05, 4.69) is 0 Å². The molecule has 0 bridgehead atoms. The van der Waals surface area contributed by atoms with Crippen molar-refractivity contribution < 1.29 is 13.9 Å². The second kappa shape index (κ2) is 4.90. The number of rotatable bonds is 3. The van der Waals surface area contributed by atoms with Gasteiger partial charge in [0.2, 0.25) is 0 Å². The van der Waals surface area contributed by atoms with E-state index >= 15 is 0 Å². The van der Waals surface area contributed by atoms with Crippen LogP contribution in [0.5, 0.6) is 0 Å². The fourth-order valence-corrected chi connectivity index (χ4v) is 2.85. The van der Waals surface area contributed by atoms with Gasteiger partial charge >= 0.3 is 5.76 Å². The maximum absolute atomic E-state index is 12.5. The van der Waals surface area contributed by atoms with Crippen LogP contribution < -0.4 is 5.76 Å². The third-order valence-corrected chi connectivity index (χ3v) is 4.03.